The van der Waals surface area contributed by atoms with Gasteiger partial charge in [0.1, 0.15) is 18.3 Å². The van der Waals surface area contributed by atoms with Crippen LogP contribution in [0.1, 0.15) is 22.3 Å². The van der Waals surface area contributed by atoms with Gasteiger partial charge < -0.3 is 4.90 Å². The molecule has 2 aromatic carbocycles. The summed E-state index contributed by atoms with van der Waals surface area (Å²) in [6.45, 7) is 0.592. The van der Waals surface area contributed by atoms with Gasteiger partial charge in [-0.25, -0.2) is 9.67 Å². The predicted molar refractivity (Wildman–Crippen MR) is 94.5 cm³/mol. The zero-order chi connectivity index (χ0) is 18.1. The molecule has 130 valence electrons. The molecule has 0 radical (unpaired) electrons. The van der Waals surface area contributed by atoms with Crippen LogP contribution in [0.2, 0.25) is 0 Å². The van der Waals surface area contributed by atoms with Crippen LogP contribution >= 0.6 is 0 Å². The lowest BCUT2D eigenvalue weighted by molar-refractivity contribution is -0.384. The van der Waals surface area contributed by atoms with Crippen LogP contribution in [0, 0.1) is 10.1 Å². The van der Waals surface area contributed by atoms with Crippen molar-refractivity contribution in [3.05, 3.63) is 76.4 Å². The summed E-state index contributed by atoms with van der Waals surface area (Å²) in [5.41, 5.74) is 2.33. The van der Waals surface area contributed by atoms with Gasteiger partial charge in [-0.05, 0) is 36.6 Å². The minimum absolute atomic E-state index is 0.188. The van der Waals surface area contributed by atoms with Crippen molar-refractivity contribution in [3.63, 3.8) is 0 Å². The minimum atomic E-state index is -0.516. The van der Waals surface area contributed by atoms with E-state index in [1.54, 1.807) is 11.0 Å². The number of nitro benzene ring substituents is 1. The minimum Gasteiger partial charge on any atom is -0.308 e. The van der Waals surface area contributed by atoms with Gasteiger partial charge in [-0.3, -0.25) is 14.9 Å². The third-order valence-corrected chi connectivity index (χ3v) is 4.44. The molecule has 8 nitrogen and oxygen atoms in total. The summed E-state index contributed by atoms with van der Waals surface area (Å²) < 4.78 is 1.31. The van der Waals surface area contributed by atoms with Crippen LogP contribution in [0.4, 0.5) is 11.4 Å². The third-order valence-electron chi connectivity index (χ3n) is 4.44. The second-order valence-corrected chi connectivity index (χ2v) is 5.99. The molecule has 1 aliphatic heterocycles. The molecule has 0 fully saturated rings. The highest BCUT2D eigenvalue weighted by molar-refractivity contribution is 6.07. The SMILES string of the molecule is O=C(c1ccc(-n2cncn2)c([N+](=O)[O-])c1)N1CCCc2ccccc21. The Morgan fingerprint density at radius 3 is 2.77 bits per heavy atom. The number of hydrogen-bond donors (Lipinski definition) is 0. The van der Waals surface area contributed by atoms with Crippen molar-refractivity contribution in [2.75, 3.05) is 11.4 Å². The highest BCUT2D eigenvalue weighted by atomic mass is 16.6. The van der Waals surface area contributed by atoms with Gasteiger partial charge in [0, 0.05) is 23.9 Å². The summed E-state index contributed by atoms with van der Waals surface area (Å²) in [5, 5.41) is 15.4. The summed E-state index contributed by atoms with van der Waals surface area (Å²) in [7, 11) is 0. The predicted octanol–water partition coefficient (Wildman–Crippen LogP) is 2.77. The largest absolute Gasteiger partial charge is 0.308 e. The van der Waals surface area contributed by atoms with E-state index in [9.17, 15) is 14.9 Å². The number of amides is 1. The van der Waals surface area contributed by atoms with Crippen molar-refractivity contribution >= 4 is 17.3 Å². The van der Waals surface area contributed by atoms with Crippen molar-refractivity contribution in [2.24, 2.45) is 0 Å². The molecule has 0 spiro atoms. The van der Waals surface area contributed by atoms with Gasteiger partial charge in [0.2, 0.25) is 0 Å². The van der Waals surface area contributed by atoms with Gasteiger partial charge in [0.05, 0.1) is 4.92 Å². The number of anilines is 1. The molecule has 1 aromatic heterocycles. The lowest BCUT2D eigenvalue weighted by Crippen LogP contribution is -2.35. The number of nitro groups is 1. The summed E-state index contributed by atoms with van der Waals surface area (Å²) >= 11 is 0. The normalized spacial score (nSPS) is 13.3. The van der Waals surface area contributed by atoms with Gasteiger partial charge in [-0.2, -0.15) is 5.10 Å². The standard InChI is InChI=1S/C18H15N5O3/c24-18(21-9-3-5-13-4-1-2-6-15(13)21)14-7-8-16(17(10-14)23(25)26)22-12-19-11-20-22/h1-2,4,6-8,10-12H,3,5,9H2. The van der Waals surface area contributed by atoms with E-state index in [0.29, 0.717) is 6.54 Å². The van der Waals surface area contributed by atoms with Gasteiger partial charge in [-0.1, -0.05) is 18.2 Å². The van der Waals surface area contributed by atoms with Gasteiger partial charge >= 0.3 is 0 Å². The zero-order valence-corrected chi connectivity index (χ0v) is 13.8. The molecule has 4 rings (SSSR count). The molecule has 0 bridgehead atoms. The molecule has 2 heterocycles. The van der Waals surface area contributed by atoms with E-state index in [0.717, 1.165) is 24.1 Å². The number of fused-ring (bicyclic) bond motifs is 1. The average Bonchev–Trinajstić information content (AvgIpc) is 3.21. The summed E-state index contributed by atoms with van der Waals surface area (Å²) in [6, 6.07) is 12.2. The number of rotatable bonds is 3. The monoisotopic (exact) mass is 349 g/mol. The Labute approximate surface area is 148 Å². The van der Waals surface area contributed by atoms with Crippen LogP contribution in [-0.4, -0.2) is 32.1 Å². The zero-order valence-electron chi connectivity index (χ0n) is 13.8. The Hall–Kier alpha value is -3.55. The number of carbonyl (C=O) groups is 1. The van der Waals surface area contributed by atoms with Crippen LogP contribution in [-0.2, 0) is 6.42 Å². The third kappa shape index (κ3) is 2.71. The first-order chi connectivity index (χ1) is 12.6. The van der Waals surface area contributed by atoms with E-state index in [-0.39, 0.29) is 22.8 Å². The number of aryl methyl sites for hydroxylation is 1. The van der Waals surface area contributed by atoms with Crippen molar-refractivity contribution in [2.45, 2.75) is 12.8 Å². The molecule has 0 saturated heterocycles. The van der Waals surface area contributed by atoms with Gasteiger partial charge in [0.25, 0.3) is 11.6 Å². The lowest BCUT2D eigenvalue weighted by Gasteiger charge is -2.29. The molecule has 26 heavy (non-hydrogen) atoms. The molecule has 0 unspecified atom stereocenters. The van der Waals surface area contributed by atoms with Crippen molar-refractivity contribution in [3.8, 4) is 5.69 Å². The van der Waals surface area contributed by atoms with E-state index >= 15 is 0 Å². The van der Waals surface area contributed by atoms with Gasteiger partial charge in [-0.15, -0.1) is 0 Å². The molecule has 0 saturated carbocycles. The quantitative estimate of drug-likeness (QED) is 0.535. The number of nitrogens with zero attached hydrogens (tertiary/aromatic N) is 5. The van der Waals surface area contributed by atoms with Crippen LogP contribution in [0.15, 0.2) is 55.1 Å². The smallest absolute Gasteiger partial charge is 0.295 e. The molecule has 0 atom stereocenters. The van der Waals surface area contributed by atoms with E-state index in [2.05, 4.69) is 10.1 Å². The lowest BCUT2D eigenvalue weighted by atomic mass is 10.0. The fraction of sp³-hybridized carbons (Fsp3) is 0.167. The maximum atomic E-state index is 13.0. The Morgan fingerprint density at radius 1 is 1.15 bits per heavy atom. The maximum absolute atomic E-state index is 13.0. The van der Waals surface area contributed by atoms with E-state index in [1.807, 2.05) is 24.3 Å². The van der Waals surface area contributed by atoms with Crippen LogP contribution in [0.25, 0.3) is 5.69 Å². The second-order valence-electron chi connectivity index (χ2n) is 5.99. The summed E-state index contributed by atoms with van der Waals surface area (Å²) in [6.07, 6.45) is 4.46. The topological polar surface area (TPSA) is 94.2 Å². The molecule has 8 heteroatoms. The van der Waals surface area contributed by atoms with E-state index < -0.39 is 4.92 Å². The average molecular weight is 349 g/mol. The molecular formula is C18H15N5O3. The first-order valence-electron chi connectivity index (χ1n) is 8.18. The Kier molecular flexibility index (Phi) is 3.92. The highest BCUT2D eigenvalue weighted by Gasteiger charge is 2.26. The van der Waals surface area contributed by atoms with Crippen LogP contribution in [0.3, 0.4) is 0 Å². The number of para-hydroxylation sites is 1. The second kappa shape index (κ2) is 6.40. The first-order valence-corrected chi connectivity index (χ1v) is 8.18. The van der Waals surface area contributed by atoms with Crippen molar-refractivity contribution in [1.29, 1.82) is 0 Å². The molecular weight excluding hydrogens is 334 g/mol. The first kappa shape index (κ1) is 15.9. The highest BCUT2D eigenvalue weighted by Crippen LogP contribution is 2.30. The summed E-state index contributed by atoms with van der Waals surface area (Å²) in [4.78, 5) is 29.5. The fourth-order valence-corrected chi connectivity index (χ4v) is 3.23. The Balaban J connectivity index is 1.74. The van der Waals surface area contributed by atoms with Crippen LogP contribution in [0.5, 0.6) is 0 Å². The molecule has 1 aliphatic rings. The van der Waals surface area contributed by atoms with E-state index in [4.69, 9.17) is 0 Å². The van der Waals surface area contributed by atoms with E-state index in [1.165, 1.54) is 29.5 Å². The molecule has 1 amide bonds. The maximum Gasteiger partial charge on any atom is 0.295 e. The summed E-state index contributed by atoms with van der Waals surface area (Å²) in [5.74, 6) is -0.245. The number of aromatic nitrogens is 3. The van der Waals surface area contributed by atoms with Crippen LogP contribution < -0.4 is 4.90 Å². The van der Waals surface area contributed by atoms with Crippen molar-refractivity contribution in [1.82, 2.24) is 14.8 Å². The fourth-order valence-electron chi connectivity index (χ4n) is 3.23. The molecule has 3 aromatic rings. The number of benzene rings is 2. The van der Waals surface area contributed by atoms with Crippen molar-refractivity contribution < 1.29 is 9.72 Å². The van der Waals surface area contributed by atoms with Gasteiger partial charge in [0.15, 0.2) is 0 Å². The molecule has 0 aliphatic carbocycles. The number of hydrogen-bond acceptors (Lipinski definition) is 5. The number of carbonyl (C=O) groups excluding carboxylic acids is 1. The Bertz CT molecular complexity index is 984. The Morgan fingerprint density at radius 2 is 2.00 bits per heavy atom. The molecule has 0 N–H and O–H groups in total.